The van der Waals surface area contributed by atoms with Crippen LogP contribution in [0.15, 0.2) is 41.0 Å². The van der Waals surface area contributed by atoms with Crippen molar-refractivity contribution in [2.24, 2.45) is 0 Å². The van der Waals surface area contributed by atoms with Gasteiger partial charge in [0.15, 0.2) is 0 Å². The van der Waals surface area contributed by atoms with Crippen LogP contribution in [0.25, 0.3) is 6.08 Å². The summed E-state index contributed by atoms with van der Waals surface area (Å²) in [6.07, 6.45) is 8.81. The Hall–Kier alpha value is -1.77. The summed E-state index contributed by atoms with van der Waals surface area (Å²) < 4.78 is 9.77. The normalized spacial score (nSPS) is 11.2. The smallest absolute Gasteiger partial charge is 0.302 e. The van der Waals surface area contributed by atoms with E-state index in [-0.39, 0.29) is 5.97 Å². The first-order valence-electron chi connectivity index (χ1n) is 4.29. The van der Waals surface area contributed by atoms with Gasteiger partial charge in [-0.25, -0.2) is 0 Å². The van der Waals surface area contributed by atoms with Gasteiger partial charge in [-0.05, 0) is 24.3 Å². The lowest BCUT2D eigenvalue weighted by atomic mass is 10.4. The minimum absolute atomic E-state index is 0.273. The Kier molecular flexibility index (Phi) is 4.27. The second kappa shape index (κ2) is 5.80. The van der Waals surface area contributed by atoms with Gasteiger partial charge in [-0.3, -0.25) is 4.79 Å². The third kappa shape index (κ3) is 4.30. The number of carbonyl (C=O) groups excluding carboxylic acids is 1. The molecule has 0 amide bonds. The van der Waals surface area contributed by atoms with Crippen LogP contribution in [-0.4, -0.2) is 12.6 Å². The molecule has 1 aromatic rings. The van der Waals surface area contributed by atoms with E-state index in [4.69, 9.17) is 9.15 Å². The number of rotatable bonds is 4. The summed E-state index contributed by atoms with van der Waals surface area (Å²) in [6.45, 7) is 1.68. The number of hydrogen-bond acceptors (Lipinski definition) is 3. The van der Waals surface area contributed by atoms with Gasteiger partial charge in [0, 0.05) is 6.92 Å². The Morgan fingerprint density at radius 2 is 2.43 bits per heavy atom. The molecule has 0 bridgehead atoms. The lowest BCUT2D eigenvalue weighted by Crippen LogP contribution is -1.96. The van der Waals surface area contributed by atoms with Gasteiger partial charge in [-0.15, -0.1) is 0 Å². The lowest BCUT2D eigenvalue weighted by molar-refractivity contribution is -0.139. The maximum atomic E-state index is 10.4. The number of hydrogen-bond donors (Lipinski definition) is 0. The zero-order chi connectivity index (χ0) is 10.2. The standard InChI is InChI=1S/C11H12O3/c1-10(12)13-8-4-2-3-6-11-7-5-9-14-11/h2-7,9H,8H2,1H3/b4-2+,6-3+. The summed E-state index contributed by atoms with van der Waals surface area (Å²) in [5.41, 5.74) is 0. The van der Waals surface area contributed by atoms with E-state index in [0.29, 0.717) is 6.61 Å². The van der Waals surface area contributed by atoms with Crippen molar-refractivity contribution in [1.82, 2.24) is 0 Å². The first kappa shape index (κ1) is 10.3. The van der Waals surface area contributed by atoms with Gasteiger partial charge < -0.3 is 9.15 Å². The van der Waals surface area contributed by atoms with Gasteiger partial charge in [0.05, 0.1) is 6.26 Å². The highest BCUT2D eigenvalue weighted by atomic mass is 16.5. The van der Waals surface area contributed by atoms with Crippen molar-refractivity contribution in [1.29, 1.82) is 0 Å². The van der Waals surface area contributed by atoms with E-state index in [1.54, 1.807) is 18.4 Å². The van der Waals surface area contributed by atoms with Crippen molar-refractivity contribution in [2.45, 2.75) is 6.92 Å². The molecule has 0 saturated heterocycles. The molecule has 0 aliphatic heterocycles. The molecule has 74 valence electrons. The molecular weight excluding hydrogens is 180 g/mol. The van der Waals surface area contributed by atoms with Crippen LogP contribution < -0.4 is 0 Å². The Balaban J connectivity index is 2.23. The number of carbonyl (C=O) groups is 1. The first-order valence-corrected chi connectivity index (χ1v) is 4.29. The van der Waals surface area contributed by atoms with Crippen LogP contribution in [0.2, 0.25) is 0 Å². The van der Waals surface area contributed by atoms with E-state index >= 15 is 0 Å². The highest BCUT2D eigenvalue weighted by molar-refractivity contribution is 5.66. The molecule has 0 saturated carbocycles. The van der Waals surface area contributed by atoms with Crippen LogP contribution in [0.3, 0.4) is 0 Å². The molecule has 0 fully saturated rings. The highest BCUT2D eigenvalue weighted by Gasteiger charge is 1.86. The summed E-state index contributed by atoms with van der Waals surface area (Å²) in [5.74, 6) is 0.520. The maximum absolute atomic E-state index is 10.4. The average molecular weight is 192 g/mol. The lowest BCUT2D eigenvalue weighted by Gasteiger charge is -1.92. The highest BCUT2D eigenvalue weighted by Crippen LogP contribution is 2.01. The quantitative estimate of drug-likeness (QED) is 0.543. The van der Waals surface area contributed by atoms with Gasteiger partial charge in [0.2, 0.25) is 0 Å². The molecule has 0 radical (unpaired) electrons. The van der Waals surface area contributed by atoms with Gasteiger partial charge in [0.1, 0.15) is 12.4 Å². The maximum Gasteiger partial charge on any atom is 0.302 e. The molecule has 0 atom stereocenters. The van der Waals surface area contributed by atoms with Gasteiger partial charge in [0.25, 0.3) is 0 Å². The molecule has 0 aliphatic rings. The summed E-state index contributed by atoms with van der Waals surface area (Å²) in [6, 6.07) is 3.68. The molecule has 1 aromatic heterocycles. The van der Waals surface area contributed by atoms with Gasteiger partial charge in [-0.1, -0.05) is 12.2 Å². The molecule has 0 spiro atoms. The third-order valence-corrected chi connectivity index (χ3v) is 1.43. The van der Waals surface area contributed by atoms with E-state index in [2.05, 4.69) is 0 Å². The fourth-order valence-corrected chi connectivity index (χ4v) is 0.836. The minimum atomic E-state index is -0.273. The van der Waals surface area contributed by atoms with Crippen molar-refractivity contribution >= 4 is 12.0 Å². The fraction of sp³-hybridized carbons (Fsp3) is 0.182. The zero-order valence-corrected chi connectivity index (χ0v) is 7.97. The second-order valence-corrected chi connectivity index (χ2v) is 2.61. The monoisotopic (exact) mass is 192 g/mol. The third-order valence-electron chi connectivity index (χ3n) is 1.43. The van der Waals surface area contributed by atoms with E-state index in [1.165, 1.54) is 6.92 Å². The second-order valence-electron chi connectivity index (χ2n) is 2.61. The first-order chi connectivity index (χ1) is 6.79. The molecule has 0 unspecified atom stereocenters. The summed E-state index contributed by atoms with van der Waals surface area (Å²) in [5, 5.41) is 0. The Morgan fingerprint density at radius 1 is 1.57 bits per heavy atom. The Morgan fingerprint density at radius 3 is 3.07 bits per heavy atom. The molecule has 0 aromatic carbocycles. The SMILES string of the molecule is CC(=O)OC/C=C/C=C/c1ccco1. The van der Waals surface area contributed by atoms with Crippen LogP contribution in [0.5, 0.6) is 0 Å². The minimum Gasteiger partial charge on any atom is -0.465 e. The summed E-state index contributed by atoms with van der Waals surface area (Å²) in [4.78, 5) is 10.4. The van der Waals surface area contributed by atoms with E-state index in [9.17, 15) is 4.79 Å². The molecule has 0 aliphatic carbocycles. The van der Waals surface area contributed by atoms with E-state index in [0.717, 1.165) is 5.76 Å². The largest absolute Gasteiger partial charge is 0.465 e. The molecule has 14 heavy (non-hydrogen) atoms. The average Bonchev–Trinajstić information content (AvgIpc) is 2.63. The molecule has 0 N–H and O–H groups in total. The molecule has 1 rings (SSSR count). The van der Waals surface area contributed by atoms with Crippen molar-refractivity contribution in [3.05, 3.63) is 42.4 Å². The van der Waals surface area contributed by atoms with Crippen LogP contribution in [-0.2, 0) is 9.53 Å². The predicted molar refractivity (Wildman–Crippen MR) is 53.5 cm³/mol. The molecule has 3 nitrogen and oxygen atoms in total. The van der Waals surface area contributed by atoms with E-state index in [1.807, 2.05) is 24.3 Å². The van der Waals surface area contributed by atoms with Crippen molar-refractivity contribution in [3.8, 4) is 0 Å². The molecular formula is C11H12O3. The number of furan rings is 1. The summed E-state index contributed by atoms with van der Waals surface area (Å²) in [7, 11) is 0. The van der Waals surface area contributed by atoms with Crippen LogP contribution in [0.4, 0.5) is 0 Å². The van der Waals surface area contributed by atoms with Crippen molar-refractivity contribution < 1.29 is 13.9 Å². The van der Waals surface area contributed by atoms with Crippen LogP contribution >= 0.6 is 0 Å². The Bertz CT molecular complexity index is 320. The summed E-state index contributed by atoms with van der Waals surface area (Å²) >= 11 is 0. The van der Waals surface area contributed by atoms with Crippen molar-refractivity contribution in [3.63, 3.8) is 0 Å². The van der Waals surface area contributed by atoms with Gasteiger partial charge in [-0.2, -0.15) is 0 Å². The van der Waals surface area contributed by atoms with Crippen LogP contribution in [0, 0.1) is 0 Å². The molecule has 3 heteroatoms. The zero-order valence-electron chi connectivity index (χ0n) is 7.97. The molecule has 1 heterocycles. The van der Waals surface area contributed by atoms with Crippen LogP contribution in [0.1, 0.15) is 12.7 Å². The number of allylic oxidation sites excluding steroid dienone is 2. The number of ether oxygens (including phenoxy) is 1. The van der Waals surface area contributed by atoms with Gasteiger partial charge >= 0.3 is 5.97 Å². The predicted octanol–water partition coefficient (Wildman–Crippen LogP) is 2.41. The topological polar surface area (TPSA) is 39.4 Å². The van der Waals surface area contributed by atoms with E-state index < -0.39 is 0 Å². The Labute approximate surface area is 82.7 Å². The number of esters is 1. The van der Waals surface area contributed by atoms with Crippen molar-refractivity contribution in [2.75, 3.05) is 6.61 Å². The fourth-order valence-electron chi connectivity index (χ4n) is 0.836.